The lowest BCUT2D eigenvalue weighted by molar-refractivity contribution is -0.131. The SMILES string of the molecule is Cc1cccc(S(=O)(=O)NCCC(=O)N2CCC(N3C(=O)CSC3=O)C2)c1. The highest BCUT2D eigenvalue weighted by atomic mass is 32.2. The molecule has 3 rings (SSSR count). The number of likely N-dealkylation sites (tertiary alicyclic amines) is 1. The zero-order valence-corrected chi connectivity index (χ0v) is 16.5. The van der Waals surface area contributed by atoms with Crippen LogP contribution < -0.4 is 4.72 Å². The summed E-state index contributed by atoms with van der Waals surface area (Å²) < 4.78 is 27.0. The fourth-order valence-corrected chi connectivity index (χ4v) is 5.12. The normalized spacial score (nSPS) is 20.6. The van der Waals surface area contributed by atoms with Crippen molar-refractivity contribution in [3.8, 4) is 0 Å². The molecule has 1 atom stereocenters. The molecule has 1 aromatic carbocycles. The van der Waals surface area contributed by atoms with Crippen LogP contribution in [-0.4, -0.2) is 66.7 Å². The second kappa shape index (κ2) is 7.99. The molecule has 2 aliphatic rings. The number of hydrogen-bond donors (Lipinski definition) is 1. The van der Waals surface area contributed by atoms with Gasteiger partial charge in [-0.2, -0.15) is 0 Å². The van der Waals surface area contributed by atoms with Crippen LogP contribution in [0.5, 0.6) is 0 Å². The molecule has 2 heterocycles. The van der Waals surface area contributed by atoms with Crippen molar-refractivity contribution < 1.29 is 22.8 Å². The van der Waals surface area contributed by atoms with Crippen LogP contribution in [0.15, 0.2) is 29.2 Å². The minimum absolute atomic E-state index is 0.00625. The van der Waals surface area contributed by atoms with E-state index in [1.807, 2.05) is 0 Å². The first kappa shape index (κ1) is 19.8. The van der Waals surface area contributed by atoms with E-state index >= 15 is 0 Å². The summed E-state index contributed by atoms with van der Waals surface area (Å²) >= 11 is 0.983. The van der Waals surface area contributed by atoms with E-state index in [0.29, 0.717) is 19.5 Å². The van der Waals surface area contributed by atoms with Crippen molar-refractivity contribution in [2.24, 2.45) is 0 Å². The smallest absolute Gasteiger partial charge is 0.289 e. The van der Waals surface area contributed by atoms with E-state index in [0.717, 1.165) is 17.3 Å². The molecular formula is C17H21N3O5S2. The van der Waals surface area contributed by atoms with Crippen LogP contribution in [0.25, 0.3) is 0 Å². The summed E-state index contributed by atoms with van der Waals surface area (Å²) in [7, 11) is -3.66. The number of aryl methyl sites for hydroxylation is 1. The molecule has 10 heteroatoms. The predicted octanol–water partition coefficient (Wildman–Crippen LogP) is 0.960. The molecule has 2 saturated heterocycles. The predicted molar refractivity (Wildman–Crippen MR) is 101 cm³/mol. The van der Waals surface area contributed by atoms with E-state index in [-0.39, 0.29) is 46.7 Å². The molecule has 27 heavy (non-hydrogen) atoms. The van der Waals surface area contributed by atoms with Gasteiger partial charge >= 0.3 is 0 Å². The first-order valence-corrected chi connectivity index (χ1v) is 11.1. The first-order chi connectivity index (χ1) is 12.8. The maximum atomic E-state index is 12.3. The highest BCUT2D eigenvalue weighted by Crippen LogP contribution is 2.26. The second-order valence-electron chi connectivity index (χ2n) is 6.56. The van der Waals surface area contributed by atoms with E-state index in [1.54, 1.807) is 30.0 Å². The van der Waals surface area contributed by atoms with Gasteiger partial charge in [0.25, 0.3) is 5.24 Å². The summed E-state index contributed by atoms with van der Waals surface area (Å²) in [6, 6.07) is 6.26. The van der Waals surface area contributed by atoms with Crippen molar-refractivity contribution in [1.82, 2.24) is 14.5 Å². The summed E-state index contributed by atoms with van der Waals surface area (Å²) in [6.45, 7) is 2.56. The average Bonchev–Trinajstić information content (AvgIpc) is 3.21. The van der Waals surface area contributed by atoms with Gasteiger partial charge in [-0.3, -0.25) is 19.3 Å². The largest absolute Gasteiger partial charge is 0.340 e. The number of nitrogens with zero attached hydrogens (tertiary/aromatic N) is 2. The van der Waals surface area contributed by atoms with E-state index in [4.69, 9.17) is 0 Å². The Morgan fingerprint density at radius 2 is 2.11 bits per heavy atom. The molecule has 1 unspecified atom stereocenters. The third kappa shape index (κ3) is 4.50. The van der Waals surface area contributed by atoms with Gasteiger partial charge in [-0.05, 0) is 31.0 Å². The topological polar surface area (TPSA) is 104 Å². The fraction of sp³-hybridized carbons (Fsp3) is 0.471. The molecule has 0 radical (unpaired) electrons. The Bertz CT molecular complexity index is 855. The number of thioether (sulfide) groups is 1. The summed E-state index contributed by atoms with van der Waals surface area (Å²) in [5.74, 6) is -0.254. The highest BCUT2D eigenvalue weighted by Gasteiger charge is 2.40. The van der Waals surface area contributed by atoms with Crippen LogP contribution in [0.4, 0.5) is 4.79 Å². The second-order valence-corrected chi connectivity index (χ2v) is 9.26. The van der Waals surface area contributed by atoms with Gasteiger partial charge in [0.1, 0.15) is 0 Å². The van der Waals surface area contributed by atoms with Crippen molar-refractivity contribution in [2.75, 3.05) is 25.4 Å². The minimum Gasteiger partial charge on any atom is -0.340 e. The van der Waals surface area contributed by atoms with Gasteiger partial charge in [0.15, 0.2) is 0 Å². The number of nitrogens with one attached hydrogen (secondary N) is 1. The van der Waals surface area contributed by atoms with Crippen molar-refractivity contribution in [3.63, 3.8) is 0 Å². The third-order valence-electron chi connectivity index (χ3n) is 4.60. The van der Waals surface area contributed by atoms with Crippen LogP contribution in [-0.2, 0) is 19.6 Å². The minimum atomic E-state index is -3.66. The third-order valence-corrected chi connectivity index (χ3v) is 6.89. The quantitative estimate of drug-likeness (QED) is 0.748. The zero-order valence-electron chi connectivity index (χ0n) is 14.9. The Morgan fingerprint density at radius 3 is 2.78 bits per heavy atom. The highest BCUT2D eigenvalue weighted by molar-refractivity contribution is 8.14. The van der Waals surface area contributed by atoms with Crippen molar-refractivity contribution in [2.45, 2.75) is 30.7 Å². The van der Waals surface area contributed by atoms with E-state index in [9.17, 15) is 22.8 Å². The Balaban J connectivity index is 1.50. The summed E-state index contributed by atoms with van der Waals surface area (Å²) in [4.78, 5) is 38.9. The standard InChI is InChI=1S/C17H21N3O5S2/c1-12-3-2-4-14(9-12)27(24,25)18-7-5-15(21)19-8-6-13(10-19)20-16(22)11-26-17(20)23/h2-4,9,13,18H,5-8,10-11H2,1H3. The fourth-order valence-electron chi connectivity index (χ4n) is 3.21. The van der Waals surface area contributed by atoms with Gasteiger partial charge < -0.3 is 4.90 Å². The lowest BCUT2D eigenvalue weighted by Crippen LogP contribution is -2.42. The molecule has 2 fully saturated rings. The lowest BCUT2D eigenvalue weighted by atomic mass is 10.2. The van der Waals surface area contributed by atoms with E-state index in [2.05, 4.69) is 4.72 Å². The molecule has 0 spiro atoms. The van der Waals surface area contributed by atoms with Gasteiger partial charge in [0, 0.05) is 26.1 Å². The van der Waals surface area contributed by atoms with Gasteiger partial charge in [-0.1, -0.05) is 23.9 Å². The van der Waals surface area contributed by atoms with Crippen molar-refractivity contribution in [1.29, 1.82) is 0 Å². The summed E-state index contributed by atoms with van der Waals surface area (Å²) in [6.07, 6.45) is 0.577. The van der Waals surface area contributed by atoms with Crippen LogP contribution in [0, 0.1) is 6.92 Å². The molecule has 2 aliphatic heterocycles. The molecule has 1 aromatic rings. The summed E-state index contributed by atoms with van der Waals surface area (Å²) in [5, 5.41) is -0.259. The van der Waals surface area contributed by atoms with Crippen molar-refractivity contribution >= 4 is 38.8 Å². The number of imide groups is 1. The number of rotatable bonds is 6. The molecular weight excluding hydrogens is 390 g/mol. The average molecular weight is 412 g/mol. The number of amides is 3. The molecule has 0 aromatic heterocycles. The lowest BCUT2D eigenvalue weighted by Gasteiger charge is -2.22. The number of carbonyl (C=O) groups is 3. The molecule has 146 valence electrons. The maximum Gasteiger partial charge on any atom is 0.289 e. The molecule has 3 amide bonds. The molecule has 0 saturated carbocycles. The Kier molecular flexibility index (Phi) is 5.87. The van der Waals surface area contributed by atoms with E-state index < -0.39 is 10.0 Å². The molecule has 1 N–H and O–H groups in total. The van der Waals surface area contributed by atoms with Gasteiger partial charge in [-0.25, -0.2) is 13.1 Å². The van der Waals surface area contributed by atoms with Gasteiger partial charge in [0.2, 0.25) is 21.8 Å². The summed E-state index contributed by atoms with van der Waals surface area (Å²) in [5.41, 5.74) is 0.834. The van der Waals surface area contributed by atoms with Crippen molar-refractivity contribution in [3.05, 3.63) is 29.8 Å². The maximum absolute atomic E-state index is 12.3. The van der Waals surface area contributed by atoms with Crippen LogP contribution in [0.3, 0.4) is 0 Å². The first-order valence-electron chi connectivity index (χ1n) is 8.61. The number of hydrogen-bond acceptors (Lipinski definition) is 6. The van der Waals surface area contributed by atoms with Crippen LogP contribution >= 0.6 is 11.8 Å². The van der Waals surface area contributed by atoms with E-state index in [1.165, 1.54) is 11.0 Å². The molecule has 0 bridgehead atoms. The van der Waals surface area contributed by atoms with Crippen LogP contribution in [0.2, 0.25) is 0 Å². The van der Waals surface area contributed by atoms with Crippen LogP contribution in [0.1, 0.15) is 18.4 Å². The zero-order chi connectivity index (χ0) is 19.6. The Labute approximate surface area is 162 Å². The molecule has 0 aliphatic carbocycles. The number of sulfonamides is 1. The number of benzene rings is 1. The Morgan fingerprint density at radius 1 is 1.33 bits per heavy atom. The Hall–Kier alpha value is -1.91. The van der Waals surface area contributed by atoms with Gasteiger partial charge in [0.05, 0.1) is 16.7 Å². The number of carbonyl (C=O) groups excluding carboxylic acids is 3. The monoisotopic (exact) mass is 411 g/mol. The van der Waals surface area contributed by atoms with Gasteiger partial charge in [-0.15, -0.1) is 0 Å². The molecule has 8 nitrogen and oxygen atoms in total.